The van der Waals surface area contributed by atoms with Gasteiger partial charge in [-0.1, -0.05) is 12.8 Å². The van der Waals surface area contributed by atoms with Crippen LogP contribution >= 0.6 is 24.0 Å². The van der Waals surface area contributed by atoms with Gasteiger partial charge in [0, 0.05) is 43.1 Å². The van der Waals surface area contributed by atoms with Gasteiger partial charge in [0.2, 0.25) is 0 Å². The summed E-state index contributed by atoms with van der Waals surface area (Å²) in [5.41, 5.74) is 0.525. The smallest absolute Gasteiger partial charge is 0.191 e. The lowest BCUT2D eigenvalue weighted by atomic mass is 9.54. The third kappa shape index (κ3) is 3.32. The number of benzene rings is 1. The third-order valence-corrected chi connectivity index (χ3v) is 6.26. The quantitative estimate of drug-likeness (QED) is 0.398. The lowest BCUT2D eigenvalue weighted by Crippen LogP contribution is -2.69. The van der Waals surface area contributed by atoms with Gasteiger partial charge in [0.15, 0.2) is 5.96 Å². The lowest BCUT2D eigenvalue weighted by molar-refractivity contribution is -0.125. The van der Waals surface area contributed by atoms with Crippen molar-refractivity contribution in [2.24, 2.45) is 16.3 Å². The van der Waals surface area contributed by atoms with E-state index in [0.29, 0.717) is 29.6 Å². The standard InChI is InChI=1S/C19H25F2N3O.HI/c1-22-18(23-11-12-10-13(20)4-5-15(12)21)24-16-14-6-9-25-17(14)19(16)7-2-3-8-19;/h4-5,10,14,16-17H,2-3,6-9,11H2,1H3,(H2,22,23,24);1H. The molecule has 0 aromatic heterocycles. The van der Waals surface area contributed by atoms with Crippen molar-refractivity contribution in [1.29, 1.82) is 0 Å². The topological polar surface area (TPSA) is 45.7 Å². The molecule has 2 N–H and O–H groups in total. The van der Waals surface area contributed by atoms with Gasteiger partial charge in [-0.2, -0.15) is 0 Å². The molecule has 3 atom stereocenters. The third-order valence-electron chi connectivity index (χ3n) is 6.26. The molecular formula is C19H26F2IN3O. The summed E-state index contributed by atoms with van der Waals surface area (Å²) >= 11 is 0. The van der Waals surface area contributed by atoms with Gasteiger partial charge in [-0.15, -0.1) is 24.0 Å². The lowest BCUT2D eigenvalue weighted by Gasteiger charge is -2.57. The molecule has 0 bridgehead atoms. The highest BCUT2D eigenvalue weighted by Gasteiger charge is 2.65. The van der Waals surface area contributed by atoms with E-state index in [1.165, 1.54) is 31.7 Å². The average Bonchev–Trinajstić information content (AvgIpc) is 3.26. The molecular weight excluding hydrogens is 451 g/mol. The van der Waals surface area contributed by atoms with Crippen molar-refractivity contribution in [3.05, 3.63) is 35.4 Å². The van der Waals surface area contributed by atoms with E-state index in [0.717, 1.165) is 25.2 Å². The van der Waals surface area contributed by atoms with Crippen LogP contribution in [-0.4, -0.2) is 31.8 Å². The fraction of sp³-hybridized carbons (Fsp3) is 0.632. The first-order valence-electron chi connectivity index (χ1n) is 9.17. The van der Waals surface area contributed by atoms with E-state index in [4.69, 9.17) is 4.74 Å². The Morgan fingerprint density at radius 1 is 1.31 bits per heavy atom. The summed E-state index contributed by atoms with van der Waals surface area (Å²) in [6, 6.07) is 3.86. The van der Waals surface area contributed by atoms with Crippen molar-refractivity contribution >= 4 is 29.9 Å². The number of guanidine groups is 1. The molecule has 7 heteroatoms. The van der Waals surface area contributed by atoms with Crippen molar-refractivity contribution in [1.82, 2.24) is 10.6 Å². The number of fused-ring (bicyclic) bond motifs is 2. The van der Waals surface area contributed by atoms with Crippen LogP contribution in [0.1, 0.15) is 37.7 Å². The van der Waals surface area contributed by atoms with Crippen molar-refractivity contribution in [3.63, 3.8) is 0 Å². The summed E-state index contributed by atoms with van der Waals surface area (Å²) in [4.78, 5) is 4.28. The van der Waals surface area contributed by atoms with Crippen molar-refractivity contribution < 1.29 is 13.5 Å². The van der Waals surface area contributed by atoms with E-state index >= 15 is 0 Å². The van der Waals surface area contributed by atoms with Crippen LogP contribution in [0.5, 0.6) is 0 Å². The molecule has 1 heterocycles. The zero-order valence-corrected chi connectivity index (χ0v) is 17.3. The molecule has 26 heavy (non-hydrogen) atoms. The van der Waals surface area contributed by atoms with Crippen LogP contribution in [0.15, 0.2) is 23.2 Å². The summed E-state index contributed by atoms with van der Waals surface area (Å²) in [5.74, 6) is 0.327. The molecule has 1 aromatic carbocycles. The number of hydrogen-bond donors (Lipinski definition) is 2. The molecule has 0 amide bonds. The van der Waals surface area contributed by atoms with Crippen LogP contribution < -0.4 is 10.6 Å². The first kappa shape index (κ1) is 19.8. The Hall–Kier alpha value is -0.960. The molecule has 3 unspecified atom stereocenters. The maximum atomic E-state index is 13.8. The van der Waals surface area contributed by atoms with Gasteiger partial charge in [-0.25, -0.2) is 8.78 Å². The van der Waals surface area contributed by atoms with Crippen molar-refractivity contribution in [3.8, 4) is 0 Å². The molecule has 2 saturated carbocycles. The van der Waals surface area contributed by atoms with Crippen molar-refractivity contribution in [2.75, 3.05) is 13.7 Å². The zero-order valence-electron chi connectivity index (χ0n) is 14.9. The molecule has 3 aliphatic rings. The van der Waals surface area contributed by atoms with Crippen LogP contribution in [0.2, 0.25) is 0 Å². The predicted octanol–water partition coefficient (Wildman–Crippen LogP) is 3.60. The molecule has 1 aliphatic heterocycles. The average molecular weight is 477 g/mol. The zero-order chi connectivity index (χ0) is 17.4. The molecule has 144 valence electrons. The molecule has 3 fully saturated rings. The summed E-state index contributed by atoms with van der Waals surface area (Å²) in [5, 5.41) is 6.68. The van der Waals surface area contributed by atoms with E-state index in [9.17, 15) is 8.78 Å². The SMILES string of the molecule is CN=C(NCc1cc(F)ccc1F)NC1C2CCOC2C12CCCC2.I. The Morgan fingerprint density at radius 3 is 2.81 bits per heavy atom. The maximum Gasteiger partial charge on any atom is 0.191 e. The number of rotatable bonds is 3. The predicted molar refractivity (Wildman–Crippen MR) is 108 cm³/mol. The first-order chi connectivity index (χ1) is 12.1. The van der Waals surface area contributed by atoms with E-state index in [2.05, 4.69) is 15.6 Å². The second kappa shape index (κ2) is 7.96. The number of ether oxygens (including phenoxy) is 1. The highest BCUT2D eigenvalue weighted by Crippen LogP contribution is 2.60. The molecule has 2 aliphatic carbocycles. The number of hydrogen-bond acceptors (Lipinski definition) is 2. The Morgan fingerprint density at radius 2 is 2.08 bits per heavy atom. The molecule has 4 rings (SSSR count). The van der Waals surface area contributed by atoms with Gasteiger partial charge in [-0.05, 0) is 37.5 Å². The fourth-order valence-electron chi connectivity index (χ4n) is 5.10. The fourth-order valence-corrected chi connectivity index (χ4v) is 5.10. The Bertz CT molecular complexity index is 679. The summed E-state index contributed by atoms with van der Waals surface area (Å²) < 4.78 is 33.1. The number of nitrogens with one attached hydrogen (secondary N) is 2. The van der Waals surface area contributed by atoms with E-state index < -0.39 is 11.6 Å². The second-order valence-corrected chi connectivity index (χ2v) is 7.47. The summed E-state index contributed by atoms with van der Waals surface area (Å²) in [7, 11) is 1.71. The van der Waals surface area contributed by atoms with Gasteiger partial charge in [-0.3, -0.25) is 4.99 Å². The largest absolute Gasteiger partial charge is 0.377 e. The van der Waals surface area contributed by atoms with Gasteiger partial charge in [0.05, 0.1) is 6.10 Å². The minimum absolute atomic E-state index is 0. The van der Waals surface area contributed by atoms with Gasteiger partial charge < -0.3 is 15.4 Å². The Balaban J connectivity index is 0.00000196. The number of aliphatic imine (C=N–C) groups is 1. The van der Waals surface area contributed by atoms with Crippen LogP contribution in [0.3, 0.4) is 0 Å². The summed E-state index contributed by atoms with van der Waals surface area (Å²) in [6.07, 6.45) is 6.37. The molecule has 4 nitrogen and oxygen atoms in total. The highest BCUT2D eigenvalue weighted by molar-refractivity contribution is 14.0. The van der Waals surface area contributed by atoms with Gasteiger partial charge in [0.25, 0.3) is 0 Å². The minimum atomic E-state index is -0.434. The molecule has 1 spiro atoms. The molecule has 1 saturated heterocycles. The highest BCUT2D eigenvalue weighted by atomic mass is 127. The van der Waals surface area contributed by atoms with Gasteiger partial charge in [0.1, 0.15) is 11.6 Å². The van der Waals surface area contributed by atoms with Crippen molar-refractivity contribution in [2.45, 2.75) is 50.8 Å². The maximum absolute atomic E-state index is 13.8. The van der Waals surface area contributed by atoms with Crippen LogP contribution in [0, 0.1) is 23.0 Å². The number of halogens is 3. The Kier molecular flexibility index (Phi) is 6.06. The summed E-state index contributed by atoms with van der Waals surface area (Å²) in [6.45, 7) is 1.05. The second-order valence-electron chi connectivity index (χ2n) is 7.47. The van der Waals surface area contributed by atoms with Crippen LogP contribution in [-0.2, 0) is 11.3 Å². The number of nitrogens with zero attached hydrogens (tertiary/aromatic N) is 1. The van der Waals surface area contributed by atoms with Crippen LogP contribution in [0.4, 0.5) is 8.78 Å². The van der Waals surface area contributed by atoms with E-state index in [1.807, 2.05) is 0 Å². The van der Waals surface area contributed by atoms with Gasteiger partial charge >= 0.3 is 0 Å². The minimum Gasteiger partial charge on any atom is -0.377 e. The Labute approximate surface area is 170 Å². The molecule has 0 radical (unpaired) electrons. The monoisotopic (exact) mass is 477 g/mol. The molecule has 1 aromatic rings. The van der Waals surface area contributed by atoms with Crippen LogP contribution in [0.25, 0.3) is 0 Å². The normalized spacial score (nSPS) is 29.0. The first-order valence-corrected chi connectivity index (χ1v) is 9.17. The van der Waals surface area contributed by atoms with E-state index in [-0.39, 0.29) is 35.9 Å². The van der Waals surface area contributed by atoms with E-state index in [1.54, 1.807) is 7.05 Å².